The number of carbonyl (C=O) groups excluding carboxylic acids is 1. The second-order valence-electron chi connectivity index (χ2n) is 4.14. The Balaban J connectivity index is 2.26. The quantitative estimate of drug-likeness (QED) is 0.834. The van der Waals surface area contributed by atoms with Crippen molar-refractivity contribution in [1.29, 1.82) is 0 Å². The zero-order valence-corrected chi connectivity index (χ0v) is 12.0. The molecule has 0 saturated carbocycles. The number of terminal acetylenes is 1. The first-order valence-corrected chi connectivity index (χ1v) is 6.53. The molecule has 0 bridgehead atoms. The molecule has 0 radical (unpaired) electrons. The first-order valence-electron chi connectivity index (χ1n) is 5.74. The summed E-state index contributed by atoms with van der Waals surface area (Å²) in [6.07, 6.45) is 5.34. The molecule has 0 heterocycles. The number of benzene rings is 2. The minimum absolute atomic E-state index is 0.145. The zero-order chi connectivity index (χ0) is 13.8. The van der Waals surface area contributed by atoms with E-state index >= 15 is 0 Å². The fourth-order valence-electron chi connectivity index (χ4n) is 1.72. The Labute approximate surface area is 121 Å². The van der Waals surface area contributed by atoms with Gasteiger partial charge in [0, 0.05) is 21.3 Å². The Morgan fingerprint density at radius 3 is 2.79 bits per heavy atom. The third-order valence-corrected chi connectivity index (χ3v) is 3.22. The van der Waals surface area contributed by atoms with Gasteiger partial charge in [0.2, 0.25) is 0 Å². The molecular formula is C16H12BrNO. The summed E-state index contributed by atoms with van der Waals surface area (Å²) in [6, 6.07) is 12.8. The summed E-state index contributed by atoms with van der Waals surface area (Å²) in [7, 11) is 0. The van der Waals surface area contributed by atoms with Crippen molar-refractivity contribution in [3.05, 3.63) is 63.6 Å². The molecule has 0 spiro atoms. The molecular weight excluding hydrogens is 302 g/mol. The van der Waals surface area contributed by atoms with E-state index in [9.17, 15) is 4.79 Å². The second kappa shape index (κ2) is 5.73. The molecule has 0 aromatic heterocycles. The van der Waals surface area contributed by atoms with E-state index in [4.69, 9.17) is 6.42 Å². The van der Waals surface area contributed by atoms with Gasteiger partial charge in [-0.3, -0.25) is 4.79 Å². The smallest absolute Gasteiger partial charge is 0.255 e. The van der Waals surface area contributed by atoms with E-state index in [2.05, 4.69) is 27.2 Å². The molecule has 0 aliphatic rings. The molecule has 94 valence electrons. The van der Waals surface area contributed by atoms with Gasteiger partial charge in [-0.05, 0) is 42.8 Å². The molecule has 0 saturated heterocycles. The highest BCUT2D eigenvalue weighted by Crippen LogP contribution is 2.18. The van der Waals surface area contributed by atoms with Gasteiger partial charge in [0.15, 0.2) is 0 Å². The van der Waals surface area contributed by atoms with Gasteiger partial charge < -0.3 is 5.32 Å². The van der Waals surface area contributed by atoms with Gasteiger partial charge in [-0.1, -0.05) is 34.0 Å². The van der Waals surface area contributed by atoms with Crippen LogP contribution in [0.25, 0.3) is 0 Å². The van der Waals surface area contributed by atoms with Gasteiger partial charge in [0.05, 0.1) is 0 Å². The van der Waals surface area contributed by atoms with E-state index in [0.717, 1.165) is 15.6 Å². The van der Waals surface area contributed by atoms with E-state index in [-0.39, 0.29) is 5.91 Å². The van der Waals surface area contributed by atoms with Crippen LogP contribution < -0.4 is 5.32 Å². The number of amides is 1. The molecule has 2 rings (SSSR count). The summed E-state index contributed by atoms with van der Waals surface area (Å²) in [5, 5.41) is 2.85. The van der Waals surface area contributed by atoms with E-state index in [1.54, 1.807) is 12.1 Å². The third kappa shape index (κ3) is 3.24. The van der Waals surface area contributed by atoms with Crippen LogP contribution in [0.3, 0.4) is 0 Å². The molecule has 1 N–H and O–H groups in total. The van der Waals surface area contributed by atoms with Crippen LogP contribution in [-0.2, 0) is 0 Å². The first kappa shape index (κ1) is 13.4. The lowest BCUT2D eigenvalue weighted by Crippen LogP contribution is -2.13. The summed E-state index contributed by atoms with van der Waals surface area (Å²) >= 11 is 3.37. The number of anilines is 1. The molecule has 0 unspecified atom stereocenters. The van der Waals surface area contributed by atoms with Gasteiger partial charge in [-0.2, -0.15) is 0 Å². The molecule has 2 nitrogen and oxygen atoms in total. The van der Waals surface area contributed by atoms with Gasteiger partial charge >= 0.3 is 0 Å². The average Bonchev–Trinajstić information content (AvgIpc) is 2.41. The van der Waals surface area contributed by atoms with Crippen LogP contribution in [0.5, 0.6) is 0 Å². The highest BCUT2D eigenvalue weighted by molar-refractivity contribution is 9.10. The van der Waals surface area contributed by atoms with Crippen LogP contribution in [0.2, 0.25) is 0 Å². The fraction of sp³-hybridized carbons (Fsp3) is 0.0625. The van der Waals surface area contributed by atoms with E-state index < -0.39 is 0 Å². The number of halogens is 1. The van der Waals surface area contributed by atoms with Crippen molar-refractivity contribution in [1.82, 2.24) is 0 Å². The standard InChI is InChI=1S/C16H12BrNO/c1-3-12-5-4-6-14(9-12)18-16(19)15-10-13(17)8-7-11(15)2/h1,4-10H,2H3,(H,18,19). The number of hydrogen-bond donors (Lipinski definition) is 1. The van der Waals surface area contributed by atoms with Crippen LogP contribution in [-0.4, -0.2) is 5.91 Å². The van der Waals surface area contributed by atoms with Gasteiger partial charge in [0.25, 0.3) is 5.91 Å². The predicted molar refractivity (Wildman–Crippen MR) is 81.2 cm³/mol. The molecule has 0 fully saturated rings. The number of carbonyl (C=O) groups is 1. The van der Waals surface area contributed by atoms with Crippen LogP contribution >= 0.6 is 15.9 Å². The van der Waals surface area contributed by atoms with Crippen molar-refractivity contribution in [3.63, 3.8) is 0 Å². The Morgan fingerprint density at radius 1 is 1.26 bits per heavy atom. The molecule has 0 aliphatic heterocycles. The largest absolute Gasteiger partial charge is 0.322 e. The first-order chi connectivity index (χ1) is 9.10. The van der Waals surface area contributed by atoms with Gasteiger partial charge in [-0.25, -0.2) is 0 Å². The second-order valence-corrected chi connectivity index (χ2v) is 5.05. The minimum Gasteiger partial charge on any atom is -0.322 e. The lowest BCUT2D eigenvalue weighted by molar-refractivity contribution is 0.102. The predicted octanol–water partition coefficient (Wildman–Crippen LogP) is 3.99. The van der Waals surface area contributed by atoms with Crippen molar-refractivity contribution in [3.8, 4) is 12.3 Å². The van der Waals surface area contributed by atoms with Crippen LogP contribution in [0.1, 0.15) is 21.5 Å². The van der Waals surface area contributed by atoms with Crippen LogP contribution in [0.15, 0.2) is 46.9 Å². The van der Waals surface area contributed by atoms with Crippen molar-refractivity contribution in [2.24, 2.45) is 0 Å². The Morgan fingerprint density at radius 2 is 2.05 bits per heavy atom. The van der Waals surface area contributed by atoms with Gasteiger partial charge in [0.1, 0.15) is 0 Å². The SMILES string of the molecule is C#Cc1cccc(NC(=O)c2cc(Br)ccc2C)c1. The van der Waals surface area contributed by atoms with E-state index in [1.807, 2.05) is 37.3 Å². The molecule has 0 aliphatic carbocycles. The van der Waals surface area contributed by atoms with Crippen LogP contribution in [0, 0.1) is 19.3 Å². The third-order valence-electron chi connectivity index (χ3n) is 2.73. The lowest BCUT2D eigenvalue weighted by atomic mass is 10.1. The van der Waals surface area contributed by atoms with E-state index in [1.165, 1.54) is 0 Å². The summed E-state index contributed by atoms with van der Waals surface area (Å²) in [5.74, 6) is 2.40. The summed E-state index contributed by atoms with van der Waals surface area (Å²) in [4.78, 5) is 12.2. The summed E-state index contributed by atoms with van der Waals surface area (Å²) in [5.41, 5.74) is 3.00. The lowest BCUT2D eigenvalue weighted by Gasteiger charge is -2.08. The Hall–Kier alpha value is -2.05. The normalized spacial score (nSPS) is 9.74. The highest BCUT2D eigenvalue weighted by atomic mass is 79.9. The summed E-state index contributed by atoms with van der Waals surface area (Å²) in [6.45, 7) is 1.90. The maximum atomic E-state index is 12.2. The number of hydrogen-bond acceptors (Lipinski definition) is 1. The number of rotatable bonds is 2. The highest BCUT2D eigenvalue weighted by Gasteiger charge is 2.09. The Bertz CT molecular complexity index is 671. The van der Waals surface area contributed by atoms with Crippen LogP contribution in [0.4, 0.5) is 5.69 Å². The minimum atomic E-state index is -0.145. The number of aryl methyl sites for hydroxylation is 1. The average molecular weight is 314 g/mol. The van der Waals surface area contributed by atoms with Gasteiger partial charge in [-0.15, -0.1) is 6.42 Å². The van der Waals surface area contributed by atoms with Crippen molar-refractivity contribution in [2.45, 2.75) is 6.92 Å². The molecule has 1 amide bonds. The van der Waals surface area contributed by atoms with E-state index in [0.29, 0.717) is 11.3 Å². The zero-order valence-electron chi connectivity index (χ0n) is 10.4. The summed E-state index contributed by atoms with van der Waals surface area (Å²) < 4.78 is 0.876. The molecule has 2 aromatic carbocycles. The molecule has 19 heavy (non-hydrogen) atoms. The maximum absolute atomic E-state index is 12.2. The molecule has 0 atom stereocenters. The fourth-order valence-corrected chi connectivity index (χ4v) is 2.09. The molecule has 2 aromatic rings. The van der Waals surface area contributed by atoms with Crippen molar-refractivity contribution in [2.75, 3.05) is 5.32 Å². The van der Waals surface area contributed by atoms with Crippen molar-refractivity contribution < 1.29 is 4.79 Å². The van der Waals surface area contributed by atoms with Crippen molar-refractivity contribution >= 4 is 27.5 Å². The molecule has 3 heteroatoms. The monoisotopic (exact) mass is 313 g/mol. The maximum Gasteiger partial charge on any atom is 0.255 e. The topological polar surface area (TPSA) is 29.1 Å². The number of nitrogens with one attached hydrogen (secondary N) is 1. The Kier molecular flexibility index (Phi) is 4.03.